The number of hydrogen-bond donors (Lipinski definition) is 0. The maximum absolute atomic E-state index is 13.1. The predicted octanol–water partition coefficient (Wildman–Crippen LogP) is 8.17. The molecule has 0 aliphatic carbocycles. The molecule has 0 bridgehead atoms. The van der Waals surface area contributed by atoms with Crippen molar-refractivity contribution in [2.24, 2.45) is 5.92 Å². The summed E-state index contributed by atoms with van der Waals surface area (Å²) in [7, 11) is -1.52. The molecule has 4 rings (SSSR count). The summed E-state index contributed by atoms with van der Waals surface area (Å²) in [6, 6.07) is 10.4. The molecule has 0 radical (unpaired) electrons. The molecule has 204 valence electrons. The highest BCUT2D eigenvalue weighted by atomic mass is 32.2. The molecule has 1 aliphatic heterocycles. The minimum atomic E-state index is -3.27. The van der Waals surface area contributed by atoms with Crippen LogP contribution >= 0.6 is 0 Å². The van der Waals surface area contributed by atoms with Gasteiger partial charge in [0.05, 0.1) is 22.4 Å². The average Bonchev–Trinajstić information content (AvgIpc) is 3.29. The first kappa shape index (κ1) is 30.7. The number of methoxy groups -OCH3 is 1. The van der Waals surface area contributed by atoms with E-state index in [9.17, 15) is 12.8 Å². The van der Waals surface area contributed by atoms with Crippen molar-refractivity contribution in [1.82, 2.24) is 9.78 Å². The van der Waals surface area contributed by atoms with E-state index in [0.717, 1.165) is 52.9 Å². The monoisotopic (exact) mass is 530 g/mol. The normalized spacial score (nSPS) is 16.7. The molecule has 5 nitrogen and oxygen atoms in total. The van der Waals surface area contributed by atoms with Gasteiger partial charge >= 0.3 is 0 Å². The second-order valence-corrected chi connectivity index (χ2v) is 11.7. The van der Waals surface area contributed by atoms with Crippen LogP contribution in [-0.2, 0) is 14.6 Å². The van der Waals surface area contributed by atoms with E-state index in [2.05, 4.69) is 50.6 Å². The third kappa shape index (κ3) is 7.51. The Balaban J connectivity index is 0.000000247. The number of rotatable bonds is 7. The van der Waals surface area contributed by atoms with Crippen molar-refractivity contribution < 1.29 is 17.5 Å². The highest BCUT2D eigenvalue weighted by molar-refractivity contribution is 7.91. The summed E-state index contributed by atoms with van der Waals surface area (Å²) >= 11 is 0. The molecule has 0 saturated heterocycles. The number of fused-ring (bicyclic) bond motifs is 2. The van der Waals surface area contributed by atoms with Crippen molar-refractivity contribution in [2.75, 3.05) is 12.9 Å². The molecular weight excluding hydrogens is 487 g/mol. The lowest BCUT2D eigenvalue weighted by Gasteiger charge is -2.28. The second-order valence-electron chi connectivity index (χ2n) is 9.62. The van der Waals surface area contributed by atoms with E-state index in [-0.39, 0.29) is 22.8 Å². The number of sulfone groups is 1. The number of unbranched alkanes of at least 4 members (excludes halogenated alkanes) is 1. The van der Waals surface area contributed by atoms with Crippen LogP contribution in [0.15, 0.2) is 54.1 Å². The van der Waals surface area contributed by atoms with Crippen LogP contribution in [0, 0.1) is 11.7 Å². The molecular formula is C30H43FN2O3S. The van der Waals surface area contributed by atoms with Crippen LogP contribution in [0.3, 0.4) is 0 Å². The molecule has 0 fully saturated rings. The van der Waals surface area contributed by atoms with Crippen LogP contribution in [-0.4, -0.2) is 31.1 Å². The largest absolute Gasteiger partial charge is 0.360 e. The number of allylic oxidation sites excluding steroid dienone is 1. The third-order valence-electron chi connectivity index (χ3n) is 6.65. The molecule has 1 aromatic heterocycles. The van der Waals surface area contributed by atoms with Gasteiger partial charge in [0.1, 0.15) is 12.0 Å². The van der Waals surface area contributed by atoms with Gasteiger partial charge in [-0.2, -0.15) is 5.10 Å². The molecule has 2 heterocycles. The zero-order valence-electron chi connectivity index (χ0n) is 23.4. The molecule has 37 heavy (non-hydrogen) atoms. The van der Waals surface area contributed by atoms with E-state index in [1.54, 1.807) is 13.2 Å². The fourth-order valence-corrected chi connectivity index (χ4v) is 6.23. The Kier molecular flexibility index (Phi) is 11.5. The minimum Gasteiger partial charge on any atom is -0.360 e. The SMILES string of the molecule is C=C(C)c1ccc2cnn(C(CCCC)OC)c2c1.CC.CC(C)C1CCS(=O)(=O)c2cc(F)ccc21. The number of nitrogens with zero attached hydrogens (tertiary/aromatic N) is 2. The lowest BCUT2D eigenvalue weighted by Crippen LogP contribution is -2.23. The first-order valence-corrected chi connectivity index (χ1v) is 14.9. The highest BCUT2D eigenvalue weighted by Crippen LogP contribution is 2.38. The molecule has 0 N–H and O–H groups in total. The zero-order valence-corrected chi connectivity index (χ0v) is 24.2. The predicted molar refractivity (Wildman–Crippen MR) is 152 cm³/mol. The summed E-state index contributed by atoms with van der Waals surface area (Å²) in [5.74, 6) is 0.248. The summed E-state index contributed by atoms with van der Waals surface area (Å²) in [6.07, 6.45) is 5.84. The Hall–Kier alpha value is -2.51. The number of ether oxygens (including phenoxy) is 1. The Morgan fingerprint density at radius 2 is 1.92 bits per heavy atom. The summed E-state index contributed by atoms with van der Waals surface area (Å²) < 4.78 is 44.3. The van der Waals surface area contributed by atoms with Crippen molar-refractivity contribution in [3.8, 4) is 0 Å². The summed E-state index contributed by atoms with van der Waals surface area (Å²) in [4.78, 5) is 0.192. The van der Waals surface area contributed by atoms with Crippen LogP contribution in [0.4, 0.5) is 4.39 Å². The Bertz CT molecular complexity index is 1280. The van der Waals surface area contributed by atoms with Gasteiger partial charge < -0.3 is 4.74 Å². The van der Waals surface area contributed by atoms with Gasteiger partial charge in [0.2, 0.25) is 0 Å². The first-order chi connectivity index (χ1) is 17.6. The molecule has 1 aliphatic rings. The zero-order chi connectivity index (χ0) is 27.8. The summed E-state index contributed by atoms with van der Waals surface area (Å²) in [5, 5.41) is 5.62. The van der Waals surface area contributed by atoms with Crippen molar-refractivity contribution in [3.63, 3.8) is 0 Å². The van der Waals surface area contributed by atoms with Crippen LogP contribution in [0.1, 0.15) is 90.5 Å². The third-order valence-corrected chi connectivity index (χ3v) is 8.45. The fourth-order valence-electron chi connectivity index (χ4n) is 4.58. The average molecular weight is 531 g/mol. The Morgan fingerprint density at radius 1 is 1.22 bits per heavy atom. The minimum absolute atomic E-state index is 0.0119. The van der Waals surface area contributed by atoms with Crippen molar-refractivity contribution in [3.05, 3.63) is 66.1 Å². The van der Waals surface area contributed by atoms with Gasteiger partial charge in [-0.05, 0) is 67.3 Å². The van der Waals surface area contributed by atoms with E-state index in [1.165, 1.54) is 6.07 Å². The smallest absolute Gasteiger partial charge is 0.178 e. The molecule has 0 saturated carbocycles. The van der Waals surface area contributed by atoms with Crippen LogP contribution < -0.4 is 0 Å². The van der Waals surface area contributed by atoms with E-state index in [4.69, 9.17) is 4.74 Å². The summed E-state index contributed by atoms with van der Waals surface area (Å²) in [6.45, 7) is 16.3. The number of hydrogen-bond acceptors (Lipinski definition) is 4. The molecule has 0 spiro atoms. The lowest BCUT2D eigenvalue weighted by molar-refractivity contribution is 0.0288. The number of benzene rings is 2. The van der Waals surface area contributed by atoms with E-state index in [1.807, 2.05) is 31.6 Å². The van der Waals surface area contributed by atoms with Gasteiger partial charge in [0.25, 0.3) is 0 Å². The number of aromatic nitrogens is 2. The molecule has 2 atom stereocenters. The van der Waals surface area contributed by atoms with Crippen LogP contribution in [0.2, 0.25) is 0 Å². The van der Waals surface area contributed by atoms with E-state index < -0.39 is 15.7 Å². The van der Waals surface area contributed by atoms with Crippen molar-refractivity contribution in [2.45, 2.75) is 84.3 Å². The van der Waals surface area contributed by atoms with Gasteiger partial charge in [-0.25, -0.2) is 17.5 Å². The quantitative estimate of drug-likeness (QED) is 0.309. The van der Waals surface area contributed by atoms with Crippen molar-refractivity contribution in [1.29, 1.82) is 0 Å². The van der Waals surface area contributed by atoms with Gasteiger partial charge in [0.15, 0.2) is 9.84 Å². The molecule has 2 unspecified atom stereocenters. The van der Waals surface area contributed by atoms with Gasteiger partial charge in [-0.15, -0.1) is 0 Å². The van der Waals surface area contributed by atoms with E-state index in [0.29, 0.717) is 12.3 Å². The van der Waals surface area contributed by atoms with E-state index >= 15 is 0 Å². The van der Waals surface area contributed by atoms with Gasteiger partial charge in [-0.3, -0.25) is 0 Å². The molecule has 0 amide bonds. The number of halogens is 1. The Labute approximate surface area is 222 Å². The van der Waals surface area contributed by atoms with Gasteiger partial charge in [-0.1, -0.05) is 71.4 Å². The highest BCUT2D eigenvalue weighted by Gasteiger charge is 2.32. The first-order valence-electron chi connectivity index (χ1n) is 13.3. The van der Waals surface area contributed by atoms with Crippen LogP contribution in [0.25, 0.3) is 16.5 Å². The summed E-state index contributed by atoms with van der Waals surface area (Å²) in [5.41, 5.74) is 4.11. The maximum Gasteiger partial charge on any atom is 0.178 e. The molecule has 3 aromatic rings. The van der Waals surface area contributed by atoms with Gasteiger partial charge in [0, 0.05) is 12.5 Å². The standard InChI is InChI=1S/C16H22N2O.C12H15FO2S.C2H6/c1-5-6-7-16(19-4)18-15-10-13(12(2)3)8-9-14(15)11-17-18;1-8(2)10-5-6-16(14,15)12-7-9(13)3-4-11(10)12;1-2/h8-11,16H,2,5-7H2,1,3-4H3;3-4,7-8,10H,5-6H2,1-2H3;1-2H3. The van der Waals surface area contributed by atoms with Crippen LogP contribution in [0.5, 0.6) is 0 Å². The van der Waals surface area contributed by atoms with Crippen molar-refractivity contribution >= 4 is 26.3 Å². The second kappa shape index (κ2) is 13.9. The Morgan fingerprint density at radius 3 is 2.51 bits per heavy atom. The molecule has 7 heteroatoms. The lowest BCUT2D eigenvalue weighted by atomic mass is 9.86. The topological polar surface area (TPSA) is 61.2 Å². The fraction of sp³-hybridized carbons (Fsp3) is 0.500. The maximum atomic E-state index is 13.1. The molecule has 2 aromatic carbocycles.